The summed E-state index contributed by atoms with van der Waals surface area (Å²) in [4.78, 5) is 14.0. The average molecular weight is 339 g/mol. The molecular formula is C18H26FNO4. The molecule has 0 aliphatic carbocycles. The van der Waals surface area contributed by atoms with Crippen LogP contribution >= 0.6 is 0 Å². The zero-order valence-electron chi connectivity index (χ0n) is 14.4. The summed E-state index contributed by atoms with van der Waals surface area (Å²) in [5, 5.41) is 0. The number of carbonyl (C=O) groups excluding carboxylic acids is 1. The third-order valence-electron chi connectivity index (χ3n) is 3.97. The van der Waals surface area contributed by atoms with Crippen molar-refractivity contribution in [3.63, 3.8) is 0 Å². The van der Waals surface area contributed by atoms with E-state index in [0.717, 1.165) is 5.69 Å². The highest BCUT2D eigenvalue weighted by Gasteiger charge is 2.23. The van der Waals surface area contributed by atoms with Gasteiger partial charge in [0.15, 0.2) is 0 Å². The first-order valence-electron chi connectivity index (χ1n) is 8.51. The number of nitrogens with zero attached hydrogens (tertiary/aromatic N) is 1. The number of halogens is 1. The van der Waals surface area contributed by atoms with Crippen LogP contribution in [0.1, 0.15) is 38.4 Å². The molecule has 0 unspecified atom stereocenters. The Kier molecular flexibility index (Phi) is 7.46. The number of ether oxygens (including phenoxy) is 3. The van der Waals surface area contributed by atoms with E-state index in [1.807, 2.05) is 13.0 Å². The Labute approximate surface area is 142 Å². The Morgan fingerprint density at radius 2 is 2.12 bits per heavy atom. The molecule has 1 fully saturated rings. The third kappa shape index (κ3) is 5.18. The maximum Gasteiger partial charge on any atom is 0.306 e. The van der Waals surface area contributed by atoms with E-state index in [1.54, 1.807) is 13.0 Å². The van der Waals surface area contributed by atoms with Gasteiger partial charge in [-0.2, -0.15) is 0 Å². The molecule has 5 nitrogen and oxygen atoms in total. The molecule has 6 heteroatoms. The van der Waals surface area contributed by atoms with Crippen LogP contribution in [0.3, 0.4) is 0 Å². The fourth-order valence-electron chi connectivity index (χ4n) is 2.79. The number of esters is 1. The van der Waals surface area contributed by atoms with Gasteiger partial charge in [0, 0.05) is 38.4 Å². The van der Waals surface area contributed by atoms with Crippen LogP contribution < -0.4 is 4.90 Å². The van der Waals surface area contributed by atoms with Crippen molar-refractivity contribution in [3.05, 3.63) is 29.6 Å². The highest BCUT2D eigenvalue weighted by Crippen LogP contribution is 2.31. The van der Waals surface area contributed by atoms with Gasteiger partial charge in [-0.1, -0.05) is 6.07 Å². The van der Waals surface area contributed by atoms with Gasteiger partial charge in [0.25, 0.3) is 0 Å². The van der Waals surface area contributed by atoms with E-state index in [-0.39, 0.29) is 18.2 Å². The summed E-state index contributed by atoms with van der Waals surface area (Å²) in [7, 11) is 0. The van der Waals surface area contributed by atoms with E-state index in [2.05, 4.69) is 4.90 Å². The molecule has 0 spiro atoms. The van der Waals surface area contributed by atoms with Crippen LogP contribution in [0.2, 0.25) is 0 Å². The molecule has 1 heterocycles. The van der Waals surface area contributed by atoms with Gasteiger partial charge in [0.2, 0.25) is 0 Å². The molecule has 1 atom stereocenters. The molecular weight excluding hydrogens is 313 g/mol. The summed E-state index contributed by atoms with van der Waals surface area (Å²) in [6.07, 6.45) is 0.238. The first-order valence-corrected chi connectivity index (χ1v) is 8.51. The number of hydrogen-bond donors (Lipinski definition) is 0. The zero-order valence-corrected chi connectivity index (χ0v) is 14.4. The Morgan fingerprint density at radius 3 is 2.83 bits per heavy atom. The van der Waals surface area contributed by atoms with Crippen LogP contribution in [-0.4, -0.2) is 45.5 Å². The van der Waals surface area contributed by atoms with Gasteiger partial charge in [0.1, 0.15) is 11.9 Å². The molecule has 1 aromatic carbocycles. The minimum absolute atomic E-state index is 0.270. The molecule has 0 N–H and O–H groups in total. The van der Waals surface area contributed by atoms with Crippen LogP contribution in [0.4, 0.5) is 10.1 Å². The lowest BCUT2D eigenvalue weighted by Gasteiger charge is -2.31. The molecule has 0 aromatic heterocycles. The molecule has 0 bridgehead atoms. The van der Waals surface area contributed by atoms with E-state index in [1.165, 1.54) is 6.07 Å². The van der Waals surface area contributed by atoms with Crippen molar-refractivity contribution in [2.45, 2.75) is 32.8 Å². The highest BCUT2D eigenvalue weighted by atomic mass is 19.1. The van der Waals surface area contributed by atoms with Crippen molar-refractivity contribution in [3.8, 4) is 0 Å². The molecule has 1 aliphatic rings. The molecule has 2 rings (SSSR count). The molecule has 1 aliphatic heterocycles. The van der Waals surface area contributed by atoms with Gasteiger partial charge in [-0.15, -0.1) is 0 Å². The minimum Gasteiger partial charge on any atom is -0.458 e. The number of carbonyl (C=O) groups is 1. The smallest absolute Gasteiger partial charge is 0.306 e. The van der Waals surface area contributed by atoms with Crippen LogP contribution in [0.25, 0.3) is 0 Å². The fourth-order valence-corrected chi connectivity index (χ4v) is 2.79. The number of rotatable bonds is 8. The van der Waals surface area contributed by atoms with Crippen LogP contribution in [0.5, 0.6) is 0 Å². The van der Waals surface area contributed by atoms with Crippen molar-refractivity contribution in [1.29, 1.82) is 0 Å². The number of hydrogen-bond acceptors (Lipinski definition) is 5. The van der Waals surface area contributed by atoms with Gasteiger partial charge >= 0.3 is 5.97 Å². The minimum atomic E-state index is -0.636. The second-order valence-electron chi connectivity index (χ2n) is 5.70. The number of benzene rings is 1. The quantitative estimate of drug-likeness (QED) is 0.538. The zero-order chi connectivity index (χ0) is 17.4. The highest BCUT2D eigenvalue weighted by molar-refractivity contribution is 5.70. The van der Waals surface area contributed by atoms with Gasteiger partial charge in [-0.3, -0.25) is 4.79 Å². The molecule has 24 heavy (non-hydrogen) atoms. The van der Waals surface area contributed by atoms with Gasteiger partial charge in [-0.05, 0) is 32.4 Å². The average Bonchev–Trinajstić information content (AvgIpc) is 2.59. The summed E-state index contributed by atoms with van der Waals surface area (Å²) in [5.41, 5.74) is 1.20. The van der Waals surface area contributed by atoms with Crippen molar-refractivity contribution in [1.82, 2.24) is 0 Å². The molecule has 0 radical (unpaired) electrons. The van der Waals surface area contributed by atoms with Crippen molar-refractivity contribution in [2.24, 2.45) is 0 Å². The predicted molar refractivity (Wildman–Crippen MR) is 89.7 cm³/mol. The molecule has 0 saturated carbocycles. The Bertz CT molecular complexity index is 532. The molecule has 0 amide bonds. The maximum absolute atomic E-state index is 14.4. The maximum atomic E-state index is 14.4. The lowest BCUT2D eigenvalue weighted by atomic mass is 10.1. The fraction of sp³-hybridized carbons (Fsp3) is 0.611. The first-order chi connectivity index (χ1) is 11.6. The summed E-state index contributed by atoms with van der Waals surface area (Å²) in [6, 6.07) is 4.95. The van der Waals surface area contributed by atoms with Crippen molar-refractivity contribution < 1.29 is 23.4 Å². The Balaban J connectivity index is 2.02. The topological polar surface area (TPSA) is 48.0 Å². The van der Waals surface area contributed by atoms with E-state index in [4.69, 9.17) is 14.2 Å². The van der Waals surface area contributed by atoms with E-state index in [9.17, 15) is 9.18 Å². The van der Waals surface area contributed by atoms with E-state index in [0.29, 0.717) is 51.5 Å². The van der Waals surface area contributed by atoms with Gasteiger partial charge in [-0.25, -0.2) is 4.39 Å². The van der Waals surface area contributed by atoms with Crippen LogP contribution in [0.15, 0.2) is 18.2 Å². The lowest BCUT2D eigenvalue weighted by Crippen LogP contribution is -2.37. The summed E-state index contributed by atoms with van der Waals surface area (Å²) < 4.78 is 30.4. The second-order valence-corrected chi connectivity index (χ2v) is 5.70. The van der Waals surface area contributed by atoms with Crippen LogP contribution in [0, 0.1) is 5.82 Å². The largest absolute Gasteiger partial charge is 0.458 e. The lowest BCUT2D eigenvalue weighted by molar-refractivity contribution is -0.149. The standard InChI is InChI=1S/C18H26FNO4/c1-3-22-11-5-8-17(21)24-14(2)18-15(19)6-4-7-16(18)20-9-12-23-13-10-20/h4,6-7,14H,3,5,8-13H2,1-2H3/t14-/m0/s1. The van der Waals surface area contributed by atoms with Crippen molar-refractivity contribution in [2.75, 3.05) is 44.4 Å². The number of anilines is 1. The Hall–Kier alpha value is -1.66. The van der Waals surface area contributed by atoms with E-state index >= 15 is 0 Å². The monoisotopic (exact) mass is 339 g/mol. The van der Waals surface area contributed by atoms with Gasteiger partial charge in [0.05, 0.1) is 18.8 Å². The predicted octanol–water partition coefficient (Wildman–Crippen LogP) is 3.08. The number of morpholine rings is 1. The van der Waals surface area contributed by atoms with Crippen molar-refractivity contribution >= 4 is 11.7 Å². The first kappa shape index (κ1) is 18.7. The van der Waals surface area contributed by atoms with Crippen LogP contribution in [-0.2, 0) is 19.0 Å². The van der Waals surface area contributed by atoms with E-state index < -0.39 is 6.10 Å². The summed E-state index contributed by atoms with van der Waals surface area (Å²) >= 11 is 0. The summed E-state index contributed by atoms with van der Waals surface area (Å²) in [5.74, 6) is -0.688. The normalized spacial score (nSPS) is 16.0. The summed E-state index contributed by atoms with van der Waals surface area (Å²) in [6.45, 7) is 7.40. The SMILES string of the molecule is CCOCCCC(=O)O[C@@H](C)c1c(F)cccc1N1CCOCC1. The molecule has 1 saturated heterocycles. The molecule has 134 valence electrons. The third-order valence-corrected chi connectivity index (χ3v) is 3.97. The second kappa shape index (κ2) is 9.59. The Morgan fingerprint density at radius 1 is 1.38 bits per heavy atom. The molecule has 1 aromatic rings. The van der Waals surface area contributed by atoms with Gasteiger partial charge < -0.3 is 19.1 Å².